The SMILES string of the molecule is OBOc1csc2ccccc12. The highest BCUT2D eigenvalue weighted by atomic mass is 32.1. The van der Waals surface area contributed by atoms with Crippen molar-refractivity contribution in [2.75, 3.05) is 0 Å². The Morgan fingerprint density at radius 1 is 1.33 bits per heavy atom. The van der Waals surface area contributed by atoms with Crippen molar-refractivity contribution in [2.24, 2.45) is 0 Å². The van der Waals surface area contributed by atoms with Crippen LogP contribution in [0, 0.1) is 0 Å². The zero-order valence-electron chi connectivity index (χ0n) is 6.36. The second-order valence-electron chi connectivity index (χ2n) is 2.37. The van der Waals surface area contributed by atoms with Crippen LogP contribution in [0.1, 0.15) is 0 Å². The third-order valence-electron chi connectivity index (χ3n) is 1.67. The second-order valence-corrected chi connectivity index (χ2v) is 3.28. The van der Waals surface area contributed by atoms with Crippen molar-refractivity contribution >= 4 is 29.1 Å². The minimum absolute atomic E-state index is 0.263. The van der Waals surface area contributed by atoms with E-state index in [0.29, 0.717) is 0 Å². The Labute approximate surface area is 74.7 Å². The molecule has 0 fully saturated rings. The Hall–Kier alpha value is -0.995. The van der Waals surface area contributed by atoms with Gasteiger partial charge in [-0.25, -0.2) is 0 Å². The molecule has 0 saturated heterocycles. The fourth-order valence-corrected chi connectivity index (χ4v) is 2.02. The normalized spacial score (nSPS) is 10.1. The third-order valence-corrected chi connectivity index (χ3v) is 2.61. The quantitative estimate of drug-likeness (QED) is 0.706. The smallest absolute Gasteiger partial charge is 0.504 e. The highest BCUT2D eigenvalue weighted by molar-refractivity contribution is 7.17. The summed E-state index contributed by atoms with van der Waals surface area (Å²) in [4.78, 5) is 0. The number of rotatable bonds is 2. The second kappa shape index (κ2) is 3.17. The van der Waals surface area contributed by atoms with E-state index < -0.39 is 0 Å². The van der Waals surface area contributed by atoms with Gasteiger partial charge in [0.2, 0.25) is 0 Å². The highest BCUT2D eigenvalue weighted by Crippen LogP contribution is 2.31. The van der Waals surface area contributed by atoms with Crippen molar-refractivity contribution in [3.63, 3.8) is 0 Å². The van der Waals surface area contributed by atoms with Crippen LogP contribution in [0.3, 0.4) is 0 Å². The number of hydrogen-bond donors (Lipinski definition) is 1. The fraction of sp³-hybridized carbons (Fsp3) is 0. The molecule has 0 saturated carbocycles. The molecule has 0 radical (unpaired) electrons. The molecule has 1 aromatic heterocycles. The molecule has 1 aromatic carbocycles. The third kappa shape index (κ3) is 1.19. The van der Waals surface area contributed by atoms with Gasteiger partial charge in [0.25, 0.3) is 0 Å². The van der Waals surface area contributed by atoms with Gasteiger partial charge in [-0.2, -0.15) is 0 Å². The summed E-state index contributed by atoms with van der Waals surface area (Å²) in [7, 11) is -0.263. The fourth-order valence-electron chi connectivity index (χ4n) is 1.13. The van der Waals surface area contributed by atoms with E-state index in [-0.39, 0.29) is 7.69 Å². The van der Waals surface area contributed by atoms with Gasteiger partial charge in [-0.15, -0.1) is 11.3 Å². The predicted octanol–water partition coefficient (Wildman–Crippen LogP) is 1.54. The molecule has 0 aliphatic carbocycles. The van der Waals surface area contributed by atoms with E-state index in [2.05, 4.69) is 0 Å². The molecule has 2 nitrogen and oxygen atoms in total. The van der Waals surface area contributed by atoms with Crippen LogP contribution in [0.5, 0.6) is 5.75 Å². The summed E-state index contributed by atoms with van der Waals surface area (Å²) in [5, 5.41) is 11.5. The first-order valence-electron chi connectivity index (χ1n) is 3.61. The van der Waals surface area contributed by atoms with Crippen molar-refractivity contribution in [1.82, 2.24) is 0 Å². The summed E-state index contributed by atoms with van der Waals surface area (Å²) in [6, 6.07) is 7.96. The zero-order chi connectivity index (χ0) is 8.39. The molecule has 1 N–H and O–H groups in total. The van der Waals surface area contributed by atoms with E-state index in [1.165, 1.54) is 4.70 Å². The molecular weight excluding hydrogens is 171 g/mol. The van der Waals surface area contributed by atoms with Gasteiger partial charge in [0, 0.05) is 15.5 Å². The number of benzene rings is 1. The summed E-state index contributed by atoms with van der Waals surface area (Å²) >= 11 is 1.62. The van der Waals surface area contributed by atoms with Crippen molar-refractivity contribution in [3.05, 3.63) is 29.6 Å². The molecule has 0 aliphatic rings. The van der Waals surface area contributed by atoms with Gasteiger partial charge in [0.05, 0.1) is 0 Å². The van der Waals surface area contributed by atoms with Crippen molar-refractivity contribution in [3.8, 4) is 5.75 Å². The maximum absolute atomic E-state index is 8.58. The lowest BCUT2D eigenvalue weighted by Gasteiger charge is -1.97. The minimum Gasteiger partial charge on any atom is -0.538 e. The summed E-state index contributed by atoms with van der Waals surface area (Å²) in [5.41, 5.74) is 0. The first-order valence-corrected chi connectivity index (χ1v) is 4.49. The minimum atomic E-state index is -0.263. The average molecular weight is 178 g/mol. The van der Waals surface area contributed by atoms with Gasteiger partial charge in [-0.1, -0.05) is 12.1 Å². The molecule has 60 valence electrons. The molecule has 0 amide bonds. The Bertz CT molecular complexity index is 385. The van der Waals surface area contributed by atoms with E-state index in [0.717, 1.165) is 11.1 Å². The number of thiophene rings is 1. The van der Waals surface area contributed by atoms with E-state index in [9.17, 15) is 0 Å². The standard InChI is InChI=1S/C8H7BO2S/c10-9-11-7-5-12-8-4-2-1-3-6(7)8/h1-5,9-10H. The van der Waals surface area contributed by atoms with Crippen LogP contribution < -0.4 is 4.65 Å². The molecule has 1 heterocycles. The van der Waals surface area contributed by atoms with E-state index in [4.69, 9.17) is 9.68 Å². The van der Waals surface area contributed by atoms with Crippen molar-refractivity contribution < 1.29 is 9.68 Å². The lowest BCUT2D eigenvalue weighted by Crippen LogP contribution is -1.98. The summed E-state index contributed by atoms with van der Waals surface area (Å²) in [5.74, 6) is 0.762. The van der Waals surface area contributed by atoms with Crippen LogP contribution in [0.2, 0.25) is 0 Å². The van der Waals surface area contributed by atoms with Crippen LogP contribution in [0.15, 0.2) is 29.6 Å². The van der Waals surface area contributed by atoms with Crippen LogP contribution in [0.25, 0.3) is 10.1 Å². The Balaban J connectivity index is 2.55. The Kier molecular flexibility index (Phi) is 2.02. The molecular formula is C8H7BO2S. The molecule has 0 spiro atoms. The van der Waals surface area contributed by atoms with Gasteiger partial charge in [0.15, 0.2) is 0 Å². The van der Waals surface area contributed by atoms with Crippen LogP contribution in [-0.4, -0.2) is 12.7 Å². The topological polar surface area (TPSA) is 29.5 Å². The first-order chi connectivity index (χ1) is 5.92. The average Bonchev–Trinajstić information content (AvgIpc) is 2.50. The monoisotopic (exact) mass is 178 g/mol. The van der Waals surface area contributed by atoms with Crippen molar-refractivity contribution in [1.29, 1.82) is 0 Å². The summed E-state index contributed by atoms with van der Waals surface area (Å²) in [6.07, 6.45) is 0. The molecule has 4 heteroatoms. The number of fused-ring (bicyclic) bond motifs is 1. The first kappa shape index (κ1) is 7.64. The molecule has 0 bridgehead atoms. The molecule has 0 aliphatic heterocycles. The molecule has 2 rings (SSSR count). The van der Waals surface area contributed by atoms with Crippen LogP contribution >= 0.6 is 11.3 Å². The lowest BCUT2D eigenvalue weighted by molar-refractivity contribution is 0.457. The Morgan fingerprint density at radius 2 is 2.17 bits per heavy atom. The largest absolute Gasteiger partial charge is 0.538 e. The summed E-state index contributed by atoms with van der Waals surface area (Å²) < 4.78 is 6.21. The van der Waals surface area contributed by atoms with Gasteiger partial charge in [-0.05, 0) is 12.1 Å². The van der Waals surface area contributed by atoms with Crippen LogP contribution in [-0.2, 0) is 0 Å². The van der Waals surface area contributed by atoms with Gasteiger partial charge < -0.3 is 9.68 Å². The molecule has 12 heavy (non-hydrogen) atoms. The zero-order valence-corrected chi connectivity index (χ0v) is 7.17. The molecule has 0 atom stereocenters. The van der Waals surface area contributed by atoms with E-state index in [1.54, 1.807) is 11.3 Å². The van der Waals surface area contributed by atoms with E-state index in [1.807, 2.05) is 29.6 Å². The van der Waals surface area contributed by atoms with Crippen LogP contribution in [0.4, 0.5) is 0 Å². The van der Waals surface area contributed by atoms with Gasteiger partial charge in [-0.3, -0.25) is 0 Å². The van der Waals surface area contributed by atoms with Gasteiger partial charge in [0.1, 0.15) is 5.75 Å². The summed E-state index contributed by atoms with van der Waals surface area (Å²) in [6.45, 7) is 0. The van der Waals surface area contributed by atoms with Crippen molar-refractivity contribution in [2.45, 2.75) is 0 Å². The van der Waals surface area contributed by atoms with Gasteiger partial charge >= 0.3 is 7.69 Å². The van der Waals surface area contributed by atoms with E-state index >= 15 is 0 Å². The lowest BCUT2D eigenvalue weighted by atomic mass is 10.2. The highest BCUT2D eigenvalue weighted by Gasteiger charge is 2.02. The maximum Gasteiger partial charge on any atom is 0.504 e. The molecule has 0 unspecified atom stereocenters. The molecule has 2 aromatic rings. The predicted molar refractivity (Wildman–Crippen MR) is 51.8 cm³/mol. The maximum atomic E-state index is 8.58. The number of hydrogen-bond acceptors (Lipinski definition) is 3. The Morgan fingerprint density at radius 3 is 3.00 bits per heavy atom.